The fourth-order valence-corrected chi connectivity index (χ4v) is 4.55. The van der Waals surface area contributed by atoms with Crippen LogP contribution in [0.3, 0.4) is 0 Å². The first kappa shape index (κ1) is 12.9. The normalized spacial score (nSPS) is 13.3. The second kappa shape index (κ2) is 4.78. The number of aromatic nitrogens is 1. The number of pyridine rings is 1. The van der Waals surface area contributed by atoms with Crippen molar-refractivity contribution in [3.63, 3.8) is 0 Å². The summed E-state index contributed by atoms with van der Waals surface area (Å²) in [6.07, 6.45) is 3.07. The molecule has 0 saturated heterocycles. The molecule has 3 rings (SSSR count). The molecule has 2 aromatic rings. The van der Waals surface area contributed by atoms with Gasteiger partial charge in [-0.15, -0.1) is 0 Å². The van der Waals surface area contributed by atoms with Crippen molar-refractivity contribution in [2.45, 2.75) is 0 Å². The first-order chi connectivity index (χ1) is 9.59. The molecule has 0 radical (unpaired) electrons. The monoisotopic (exact) mass is 381 g/mol. The highest BCUT2D eigenvalue weighted by atomic mass is 127. The van der Waals surface area contributed by atoms with Gasteiger partial charge in [0.1, 0.15) is 0 Å². The Hall–Kier alpha value is -2.09. The molecule has 2 N–H and O–H groups in total. The highest BCUT2D eigenvalue weighted by Crippen LogP contribution is 2.34. The van der Waals surface area contributed by atoms with Gasteiger partial charge in [-0.2, -0.15) is 0 Å². The number of carbonyl (C=O) groups is 2. The summed E-state index contributed by atoms with van der Waals surface area (Å²) in [6, 6.07) is 4.77. The van der Waals surface area contributed by atoms with Crippen LogP contribution in [0.25, 0.3) is 16.5 Å². The molecule has 1 aliphatic heterocycles. The molecule has 0 unspecified atom stereocenters. The van der Waals surface area contributed by atoms with E-state index in [-0.39, 0.29) is 11.1 Å². The highest BCUT2D eigenvalue weighted by Gasteiger charge is 2.20. The van der Waals surface area contributed by atoms with E-state index in [0.717, 1.165) is 3.57 Å². The van der Waals surface area contributed by atoms with Gasteiger partial charge >= 0.3 is 11.9 Å². The summed E-state index contributed by atoms with van der Waals surface area (Å²) in [7, 11) is 0. The Morgan fingerprint density at radius 2 is 1.90 bits per heavy atom. The van der Waals surface area contributed by atoms with Crippen molar-refractivity contribution in [3.05, 3.63) is 45.2 Å². The number of halogens is 1. The Kier molecular flexibility index (Phi) is 3.09. The summed E-state index contributed by atoms with van der Waals surface area (Å²) in [6.45, 7) is 0. The maximum absolute atomic E-state index is 11.2. The number of carboxylic acid groups (broad SMARTS) is 2. The second-order valence-corrected chi connectivity index (χ2v) is 6.53. The molecule has 1 aliphatic rings. The number of rotatable bonds is 2. The van der Waals surface area contributed by atoms with Crippen LogP contribution >= 0.6 is 20.7 Å². The summed E-state index contributed by atoms with van der Waals surface area (Å²) in [4.78, 5) is 26.7. The van der Waals surface area contributed by atoms with Gasteiger partial charge in [-0.25, -0.2) is 9.59 Å². The number of hydrogen-bond acceptors (Lipinski definition) is 3. The SMILES string of the molecule is O=C(O)C1=CC=Ic2c1ccc1c(C(=O)O)ccnc21. The summed E-state index contributed by atoms with van der Waals surface area (Å²) in [5, 5.41) is 19.0. The van der Waals surface area contributed by atoms with E-state index in [1.807, 2.05) is 4.01 Å². The van der Waals surface area contributed by atoms with Crippen LogP contribution < -0.4 is 0 Å². The maximum Gasteiger partial charge on any atom is 0.336 e. The fraction of sp³-hybridized carbons (Fsp3) is 0. The molecule has 0 bridgehead atoms. The quantitative estimate of drug-likeness (QED) is 0.780. The van der Waals surface area contributed by atoms with Gasteiger partial charge in [0.25, 0.3) is 0 Å². The van der Waals surface area contributed by atoms with Crippen molar-refractivity contribution >= 4 is 53.2 Å². The van der Waals surface area contributed by atoms with Gasteiger partial charge in [-0.3, -0.25) is 4.98 Å². The van der Waals surface area contributed by atoms with E-state index in [4.69, 9.17) is 0 Å². The third-order valence-electron chi connectivity index (χ3n) is 3.00. The lowest BCUT2D eigenvalue weighted by molar-refractivity contribution is -0.130. The van der Waals surface area contributed by atoms with Crippen LogP contribution in [0.4, 0.5) is 0 Å². The number of benzene rings is 1. The van der Waals surface area contributed by atoms with E-state index in [0.29, 0.717) is 16.5 Å². The standard InChI is InChI=1S/C14H8INO4/c17-13(18)9-3-5-15-11-7(9)1-2-8-10(14(19)20)4-6-16-12(8)11/h1-6H,(H,17,18)(H,19,20). The Morgan fingerprint density at radius 1 is 1.10 bits per heavy atom. The van der Waals surface area contributed by atoms with Gasteiger partial charge in [0.15, 0.2) is 0 Å². The van der Waals surface area contributed by atoms with Crippen molar-refractivity contribution < 1.29 is 19.8 Å². The van der Waals surface area contributed by atoms with E-state index in [1.165, 1.54) is 12.3 Å². The maximum atomic E-state index is 11.2. The Labute approximate surface area is 123 Å². The predicted octanol–water partition coefficient (Wildman–Crippen LogP) is 2.36. The Morgan fingerprint density at radius 3 is 2.60 bits per heavy atom. The predicted molar refractivity (Wildman–Crippen MR) is 83.1 cm³/mol. The van der Waals surface area contributed by atoms with Crippen molar-refractivity contribution in [3.8, 4) is 0 Å². The molecular weight excluding hydrogens is 373 g/mol. The van der Waals surface area contributed by atoms with Crippen molar-refractivity contribution in [2.75, 3.05) is 0 Å². The average molecular weight is 381 g/mol. The van der Waals surface area contributed by atoms with Crippen LogP contribution in [0, 0.1) is 3.57 Å². The third-order valence-corrected chi connectivity index (χ3v) is 5.44. The molecule has 0 aliphatic carbocycles. The van der Waals surface area contributed by atoms with Gasteiger partial charge in [0.2, 0.25) is 0 Å². The first-order valence-electron chi connectivity index (χ1n) is 5.65. The molecular formula is C14H8INO4. The molecule has 20 heavy (non-hydrogen) atoms. The number of allylic oxidation sites excluding steroid dienone is 1. The molecule has 6 heteroatoms. The van der Waals surface area contributed by atoms with Gasteiger partial charge < -0.3 is 10.2 Å². The van der Waals surface area contributed by atoms with Gasteiger partial charge in [-0.05, 0) is 16.2 Å². The van der Waals surface area contributed by atoms with Crippen LogP contribution in [0.1, 0.15) is 15.9 Å². The summed E-state index contributed by atoms with van der Waals surface area (Å²) < 4.78 is 2.73. The molecule has 5 nitrogen and oxygen atoms in total. The number of aliphatic carboxylic acids is 1. The minimum absolute atomic E-state index is 0.188. The number of fused-ring (bicyclic) bond motifs is 3. The lowest BCUT2D eigenvalue weighted by Crippen LogP contribution is -2.06. The average Bonchev–Trinajstić information content (AvgIpc) is 2.45. The van der Waals surface area contributed by atoms with Crippen molar-refractivity contribution in [1.29, 1.82) is 0 Å². The molecule has 1 aromatic heterocycles. The molecule has 0 spiro atoms. The molecule has 100 valence electrons. The molecule has 0 saturated carbocycles. The Balaban J connectivity index is 2.37. The van der Waals surface area contributed by atoms with E-state index < -0.39 is 32.7 Å². The zero-order chi connectivity index (χ0) is 14.3. The summed E-state index contributed by atoms with van der Waals surface area (Å²) in [5.41, 5.74) is 1.66. The van der Waals surface area contributed by atoms with Crippen LogP contribution in [0.5, 0.6) is 0 Å². The Bertz CT molecular complexity index is 823. The summed E-state index contributed by atoms with van der Waals surface area (Å²) in [5.74, 6) is -2.00. The van der Waals surface area contributed by atoms with E-state index in [9.17, 15) is 19.8 Å². The topological polar surface area (TPSA) is 87.5 Å². The number of aromatic carboxylic acids is 1. The van der Waals surface area contributed by atoms with E-state index in [2.05, 4.69) is 4.98 Å². The largest absolute Gasteiger partial charge is 0.478 e. The lowest BCUT2D eigenvalue weighted by atomic mass is 10.0. The highest BCUT2D eigenvalue weighted by molar-refractivity contribution is 14.2. The molecule has 0 amide bonds. The minimum Gasteiger partial charge on any atom is -0.478 e. The number of hydrogen-bond donors (Lipinski definition) is 2. The van der Waals surface area contributed by atoms with E-state index >= 15 is 0 Å². The van der Waals surface area contributed by atoms with Gasteiger partial charge in [0.05, 0.1) is 16.7 Å². The van der Waals surface area contributed by atoms with Crippen LogP contribution in [0.15, 0.2) is 30.5 Å². The molecule has 0 atom stereocenters. The fourth-order valence-electron chi connectivity index (χ4n) is 2.12. The van der Waals surface area contributed by atoms with Gasteiger partial charge in [-0.1, -0.05) is 32.9 Å². The van der Waals surface area contributed by atoms with Crippen LogP contribution in [-0.4, -0.2) is 31.1 Å². The van der Waals surface area contributed by atoms with Crippen LogP contribution in [0.2, 0.25) is 0 Å². The summed E-state index contributed by atoms with van der Waals surface area (Å²) >= 11 is -0.513. The van der Waals surface area contributed by atoms with Gasteiger partial charge in [0, 0.05) is 20.7 Å². The first-order valence-corrected chi connectivity index (χ1v) is 7.97. The smallest absolute Gasteiger partial charge is 0.336 e. The lowest BCUT2D eigenvalue weighted by Gasteiger charge is -2.13. The molecule has 2 heterocycles. The zero-order valence-electron chi connectivity index (χ0n) is 10.0. The zero-order valence-corrected chi connectivity index (χ0v) is 12.2. The van der Waals surface area contributed by atoms with Crippen molar-refractivity contribution in [2.24, 2.45) is 0 Å². The second-order valence-electron chi connectivity index (χ2n) is 4.11. The number of nitrogens with zero attached hydrogens (tertiary/aromatic N) is 1. The van der Waals surface area contributed by atoms with Crippen molar-refractivity contribution in [1.82, 2.24) is 4.98 Å². The van der Waals surface area contributed by atoms with E-state index in [1.54, 1.807) is 18.2 Å². The molecule has 0 fully saturated rings. The molecule has 1 aromatic carbocycles. The third kappa shape index (κ3) is 1.92. The minimum atomic E-state index is -1.01. The number of carboxylic acids is 2. The van der Waals surface area contributed by atoms with Crippen LogP contribution in [-0.2, 0) is 4.79 Å².